The SMILES string of the molecule is CO[C@@H]1O[C@@H](C)[C@@H](O[Si](c2ccccc2)(c2ccccc2)C(C)(C)C)[C@@H](O)[C@@H]1O. The molecule has 0 radical (unpaired) electrons. The maximum Gasteiger partial charge on any atom is 0.261 e. The van der Waals surface area contributed by atoms with Gasteiger partial charge in [-0.05, 0) is 22.3 Å². The first-order valence-corrected chi connectivity index (χ1v) is 12.0. The van der Waals surface area contributed by atoms with Crippen LogP contribution in [0.4, 0.5) is 0 Å². The summed E-state index contributed by atoms with van der Waals surface area (Å²) in [5, 5.41) is 23.4. The van der Waals surface area contributed by atoms with Crippen molar-refractivity contribution in [1.29, 1.82) is 0 Å². The molecular weight excluding hydrogens is 384 g/mol. The molecule has 158 valence electrons. The quantitative estimate of drug-likeness (QED) is 0.730. The van der Waals surface area contributed by atoms with Crippen molar-refractivity contribution in [2.24, 2.45) is 0 Å². The summed E-state index contributed by atoms with van der Waals surface area (Å²) in [7, 11) is -1.42. The Labute approximate surface area is 174 Å². The first-order chi connectivity index (χ1) is 13.7. The lowest BCUT2D eigenvalue weighted by Gasteiger charge is -2.49. The highest BCUT2D eigenvalue weighted by Gasteiger charge is 2.55. The number of benzene rings is 2. The molecule has 0 unspecified atom stereocenters. The summed E-state index contributed by atoms with van der Waals surface area (Å²) in [6.45, 7) is 8.38. The molecule has 29 heavy (non-hydrogen) atoms. The molecule has 1 aliphatic heterocycles. The van der Waals surface area contributed by atoms with E-state index in [0.29, 0.717) is 0 Å². The Morgan fingerprint density at radius 2 is 1.34 bits per heavy atom. The van der Waals surface area contributed by atoms with Crippen molar-refractivity contribution < 1.29 is 24.1 Å². The Kier molecular flexibility index (Phi) is 6.63. The number of hydrogen-bond acceptors (Lipinski definition) is 5. The fraction of sp³-hybridized carbons (Fsp3) is 0.478. The zero-order chi connectivity index (χ0) is 21.2. The van der Waals surface area contributed by atoms with Crippen molar-refractivity contribution >= 4 is 18.7 Å². The number of aliphatic hydroxyl groups excluding tert-OH is 2. The molecule has 0 aromatic heterocycles. The van der Waals surface area contributed by atoms with Crippen LogP contribution in [0, 0.1) is 0 Å². The van der Waals surface area contributed by atoms with E-state index in [1.54, 1.807) is 0 Å². The maximum atomic E-state index is 10.9. The summed E-state index contributed by atoms with van der Waals surface area (Å²) in [6.07, 6.45) is -4.31. The molecule has 1 aliphatic rings. The van der Waals surface area contributed by atoms with Gasteiger partial charge in [0.1, 0.15) is 18.3 Å². The normalized spacial score (nSPS) is 28.3. The Hall–Kier alpha value is -1.54. The van der Waals surface area contributed by atoms with E-state index in [-0.39, 0.29) is 5.04 Å². The van der Waals surface area contributed by atoms with Gasteiger partial charge in [0.25, 0.3) is 8.32 Å². The summed E-state index contributed by atoms with van der Waals surface area (Å²) < 4.78 is 18.0. The van der Waals surface area contributed by atoms with Crippen LogP contribution in [0.25, 0.3) is 0 Å². The third-order valence-electron chi connectivity index (χ3n) is 5.74. The zero-order valence-electron chi connectivity index (χ0n) is 17.8. The predicted molar refractivity (Wildman–Crippen MR) is 116 cm³/mol. The lowest BCUT2D eigenvalue weighted by atomic mass is 10.0. The molecule has 0 bridgehead atoms. The molecule has 2 N–H and O–H groups in total. The van der Waals surface area contributed by atoms with Crippen LogP contribution in [0.15, 0.2) is 60.7 Å². The first-order valence-electron chi connectivity index (χ1n) is 10.1. The highest BCUT2D eigenvalue weighted by atomic mass is 28.4. The van der Waals surface area contributed by atoms with Gasteiger partial charge in [-0.1, -0.05) is 81.4 Å². The van der Waals surface area contributed by atoms with Gasteiger partial charge < -0.3 is 24.1 Å². The van der Waals surface area contributed by atoms with Gasteiger partial charge in [0.15, 0.2) is 6.29 Å². The summed E-state index contributed by atoms with van der Waals surface area (Å²) in [6, 6.07) is 20.4. The van der Waals surface area contributed by atoms with Crippen LogP contribution < -0.4 is 10.4 Å². The average Bonchev–Trinajstić information content (AvgIpc) is 2.71. The van der Waals surface area contributed by atoms with Crippen LogP contribution in [0.3, 0.4) is 0 Å². The molecule has 0 aliphatic carbocycles. The minimum absolute atomic E-state index is 0.238. The van der Waals surface area contributed by atoms with Crippen LogP contribution in [-0.2, 0) is 13.9 Å². The molecule has 0 spiro atoms. The molecule has 1 saturated heterocycles. The molecule has 5 atom stereocenters. The van der Waals surface area contributed by atoms with E-state index >= 15 is 0 Å². The topological polar surface area (TPSA) is 68.2 Å². The summed E-state index contributed by atoms with van der Waals surface area (Å²) in [4.78, 5) is 0. The highest BCUT2D eigenvalue weighted by molar-refractivity contribution is 6.99. The molecule has 0 amide bonds. The fourth-order valence-electron chi connectivity index (χ4n) is 4.26. The molecule has 5 nitrogen and oxygen atoms in total. The zero-order valence-corrected chi connectivity index (χ0v) is 18.8. The third-order valence-corrected chi connectivity index (χ3v) is 10.8. The number of aliphatic hydroxyl groups is 2. The number of hydrogen-bond donors (Lipinski definition) is 2. The van der Waals surface area contributed by atoms with Crippen LogP contribution in [-0.4, -0.2) is 56.3 Å². The van der Waals surface area contributed by atoms with Crippen LogP contribution in [0.1, 0.15) is 27.7 Å². The van der Waals surface area contributed by atoms with Gasteiger partial charge in [0.05, 0.1) is 6.10 Å². The van der Waals surface area contributed by atoms with Crippen molar-refractivity contribution in [2.45, 2.75) is 63.4 Å². The smallest absolute Gasteiger partial charge is 0.261 e. The minimum atomic E-state index is -2.87. The van der Waals surface area contributed by atoms with Crippen molar-refractivity contribution in [1.82, 2.24) is 0 Å². The van der Waals surface area contributed by atoms with E-state index < -0.39 is 39.0 Å². The maximum absolute atomic E-state index is 10.9. The second kappa shape index (κ2) is 8.68. The van der Waals surface area contributed by atoms with Crippen LogP contribution >= 0.6 is 0 Å². The van der Waals surface area contributed by atoms with Gasteiger partial charge in [-0.2, -0.15) is 0 Å². The summed E-state index contributed by atoms with van der Waals surface area (Å²) >= 11 is 0. The highest BCUT2D eigenvalue weighted by Crippen LogP contribution is 2.39. The largest absolute Gasteiger partial charge is 0.399 e. The summed E-state index contributed by atoms with van der Waals surface area (Å²) in [5.74, 6) is 0. The van der Waals surface area contributed by atoms with Gasteiger partial charge in [-0.3, -0.25) is 0 Å². The lowest BCUT2D eigenvalue weighted by molar-refractivity contribution is -0.283. The molecule has 2 aromatic carbocycles. The number of rotatable bonds is 5. The van der Waals surface area contributed by atoms with E-state index in [1.807, 2.05) is 43.3 Å². The Balaban J connectivity index is 2.14. The van der Waals surface area contributed by atoms with Gasteiger partial charge >= 0.3 is 0 Å². The van der Waals surface area contributed by atoms with Gasteiger partial charge in [0, 0.05) is 7.11 Å². The predicted octanol–water partition coefficient (Wildman–Crippen LogP) is 2.04. The summed E-state index contributed by atoms with van der Waals surface area (Å²) in [5.41, 5.74) is 0. The van der Waals surface area contributed by atoms with E-state index in [2.05, 4.69) is 45.0 Å². The van der Waals surface area contributed by atoms with Crippen molar-refractivity contribution in [3.63, 3.8) is 0 Å². The van der Waals surface area contributed by atoms with E-state index in [9.17, 15) is 10.2 Å². The Morgan fingerprint density at radius 3 is 1.76 bits per heavy atom. The lowest BCUT2D eigenvalue weighted by Crippen LogP contribution is -2.71. The van der Waals surface area contributed by atoms with Crippen molar-refractivity contribution in [3.8, 4) is 0 Å². The van der Waals surface area contributed by atoms with Gasteiger partial charge in [0.2, 0.25) is 0 Å². The molecule has 6 heteroatoms. The number of ether oxygens (including phenoxy) is 2. The third kappa shape index (κ3) is 4.06. The van der Waals surface area contributed by atoms with E-state index in [4.69, 9.17) is 13.9 Å². The second-order valence-corrected chi connectivity index (χ2v) is 12.9. The molecule has 2 aromatic rings. The standard InChI is InChI=1S/C23H32O5Si/c1-16-21(19(24)20(25)22(26-5)27-16)28-29(23(2,3)4,17-12-8-6-9-13-17)18-14-10-7-11-15-18/h6-16,19-22,24-25H,1-5H3/t16-,19-,20-,21+,22+/m0/s1. The van der Waals surface area contributed by atoms with E-state index in [0.717, 1.165) is 10.4 Å². The van der Waals surface area contributed by atoms with Crippen molar-refractivity contribution in [3.05, 3.63) is 60.7 Å². The van der Waals surface area contributed by atoms with Crippen molar-refractivity contribution in [2.75, 3.05) is 7.11 Å². The van der Waals surface area contributed by atoms with Crippen LogP contribution in [0.2, 0.25) is 5.04 Å². The van der Waals surface area contributed by atoms with Crippen LogP contribution in [0.5, 0.6) is 0 Å². The Bertz CT molecular complexity index is 737. The molecule has 0 saturated carbocycles. The average molecular weight is 417 g/mol. The van der Waals surface area contributed by atoms with E-state index in [1.165, 1.54) is 7.11 Å². The van der Waals surface area contributed by atoms with Gasteiger partial charge in [-0.15, -0.1) is 0 Å². The molecule has 1 heterocycles. The van der Waals surface area contributed by atoms with Gasteiger partial charge in [-0.25, -0.2) is 0 Å². The minimum Gasteiger partial charge on any atom is -0.399 e. The number of methoxy groups -OCH3 is 1. The Morgan fingerprint density at radius 1 is 0.862 bits per heavy atom. The fourth-order valence-corrected chi connectivity index (χ4v) is 9.01. The monoisotopic (exact) mass is 416 g/mol. The molecule has 3 rings (SSSR count). The molecule has 1 fully saturated rings. The second-order valence-electron chi connectivity index (χ2n) is 8.67. The first kappa shape index (κ1) is 22.1. The molecular formula is C23H32O5Si.